The van der Waals surface area contributed by atoms with Crippen LogP contribution in [0.1, 0.15) is 107 Å². The van der Waals surface area contributed by atoms with Crippen LogP contribution in [0.25, 0.3) is 0 Å². The number of nitrogens with two attached hydrogens (primary N) is 1. The fraction of sp³-hybridized carbons (Fsp3) is 0.338. The van der Waals surface area contributed by atoms with Gasteiger partial charge in [-0.1, -0.05) is 48.5 Å². The summed E-state index contributed by atoms with van der Waals surface area (Å²) in [4.78, 5) is 41.3. The average Bonchev–Trinajstić information content (AvgIpc) is 0.837. The molecule has 8 aromatic rings. The third-order valence-corrected chi connectivity index (χ3v) is 12.7. The Labute approximate surface area is 590 Å². The minimum Gasteiger partial charge on any atom is -0.508 e. The number of nitrogens with zero attached hydrogens (tertiary/aromatic N) is 4. The lowest BCUT2D eigenvalue weighted by Gasteiger charge is -2.19. The second kappa shape index (κ2) is 38.4. The number of carbonyl (C=O) groups is 3. The molecule has 0 aliphatic rings. The molecule has 8 rings (SSSR count). The lowest BCUT2D eigenvalue weighted by atomic mass is 10.1. The molecule has 564 valence electrons. The number of amides is 3. The number of hydrogen-bond donors (Lipinski definition) is 7. The minimum atomic E-state index is -4.63. The zero-order chi connectivity index (χ0) is 77.9. The topological polar surface area (TPSA) is 263 Å². The maximum atomic E-state index is 13.0. The van der Waals surface area contributed by atoms with Crippen LogP contribution in [-0.4, -0.2) is 86.8 Å². The van der Waals surface area contributed by atoms with Crippen molar-refractivity contribution in [2.24, 2.45) is 5.73 Å². The van der Waals surface area contributed by atoms with E-state index in [2.05, 4.69) is 25.9 Å². The van der Waals surface area contributed by atoms with Gasteiger partial charge in [-0.15, -0.1) is 0 Å². The number of aromatic hydroxyl groups is 1. The van der Waals surface area contributed by atoms with Gasteiger partial charge in [0.2, 0.25) is 23.9 Å². The van der Waals surface area contributed by atoms with Gasteiger partial charge in [0.05, 0.1) is 18.0 Å². The Kier molecular flexibility index (Phi) is 31.6. The molecule has 0 saturated heterocycles. The molecule has 4 heterocycles. The molecule has 8 N–H and O–H groups in total. The van der Waals surface area contributed by atoms with Gasteiger partial charge in [0, 0.05) is 53.6 Å². The third kappa shape index (κ3) is 33.3. The van der Waals surface area contributed by atoms with Gasteiger partial charge in [-0.2, -0.15) is 52.7 Å². The molecule has 0 bridgehead atoms. The first-order valence-corrected chi connectivity index (χ1v) is 31.3. The standard InChI is InChI=1S/C19H21F3N2O4.C19H21F3N2O3.C14H14F3N2O2.C13H19NO3.C6H3F4N/c1-18(2,3)28-17(25)23-10-8-13-4-6-14(7-5-13)27-16-12-24(26)11-9-15(16)19(20,21)22;1-18(2,3)27-17(25)24-11-8-13-4-6-14(7-5-13)26-16-12-23-10-9-15(16)19(20,21)22;15-14(16,17)12-6-8-19(20)9-13(12)21-11-3-1-10(2-4-11)5-7-18;1-13(2,3)17-12(16)14-9-8-10-4-6-11(15)7-5-10;7-5-3-11-2-1-4(5)6(8,9)10/h4-7,9,11-12H,8,10H2,1-3H3,(H-,23,25,26);4-7,9-10,12H,8,11H2,1-3H3,(H,24,25);1-4,6,8-9,20H,5,7,18H2;4-7,15H,8-9H2,1-3H3,(H,14,16);1-3H/q;;+1;;/p+1. The Morgan fingerprint density at radius 3 is 1.00 bits per heavy atom. The van der Waals surface area contributed by atoms with E-state index >= 15 is 0 Å². The summed E-state index contributed by atoms with van der Waals surface area (Å²) in [5, 5.41) is 35.7. The molecular formula is C71H79F13N8O12+2. The number of carbonyl (C=O) groups excluding carboxylic acids is 3. The van der Waals surface area contributed by atoms with E-state index in [1.807, 2.05) is 32.9 Å². The first kappa shape index (κ1) is 85.6. The SMILES string of the molecule is CC(C)(C)OC(=O)NCCc1ccc(O)cc1.CC(C)(C)OC(=O)NCCc1ccc(Oc2c[n+](O)ccc2C(F)(F)F)cc1.CC(C)(C)OC(=O)NCCc1ccc(Oc2cnccc2C(F)(F)F)cc1.Fc1cnccc1C(F)(F)F.NCCc1ccc(Oc2c[n+](O)ccc2C(F)(F)F)cc1. The number of pyridine rings is 4. The maximum Gasteiger partial charge on any atom is 0.420 e. The fourth-order valence-electron chi connectivity index (χ4n) is 8.12. The van der Waals surface area contributed by atoms with Crippen LogP contribution in [0.4, 0.5) is 71.5 Å². The molecule has 0 spiro atoms. The second-order valence-electron chi connectivity index (χ2n) is 24.9. The van der Waals surface area contributed by atoms with E-state index in [1.165, 1.54) is 12.1 Å². The van der Waals surface area contributed by atoms with Gasteiger partial charge in [-0.25, -0.2) is 18.8 Å². The highest BCUT2D eigenvalue weighted by Gasteiger charge is 2.39. The van der Waals surface area contributed by atoms with E-state index in [-0.39, 0.29) is 28.7 Å². The highest BCUT2D eigenvalue weighted by Crippen LogP contribution is 2.40. The van der Waals surface area contributed by atoms with Gasteiger partial charge in [0.1, 0.15) is 56.5 Å². The van der Waals surface area contributed by atoms with Gasteiger partial charge in [-0.3, -0.25) is 20.4 Å². The number of ether oxygens (including phenoxy) is 6. The monoisotopic (exact) mass is 1480 g/mol. The number of nitrogens with one attached hydrogen (secondary N) is 3. The predicted molar refractivity (Wildman–Crippen MR) is 350 cm³/mol. The molecule has 4 aromatic heterocycles. The second-order valence-corrected chi connectivity index (χ2v) is 24.9. The first-order chi connectivity index (χ1) is 48.3. The molecule has 0 radical (unpaired) electrons. The van der Waals surface area contributed by atoms with Gasteiger partial charge < -0.3 is 55.2 Å². The normalized spacial score (nSPS) is 11.6. The van der Waals surface area contributed by atoms with Crippen molar-refractivity contribution in [1.82, 2.24) is 25.9 Å². The number of benzene rings is 4. The molecule has 104 heavy (non-hydrogen) atoms. The molecule has 0 atom stereocenters. The number of aromatic nitrogens is 4. The van der Waals surface area contributed by atoms with Crippen LogP contribution in [0.5, 0.6) is 40.2 Å². The van der Waals surface area contributed by atoms with Crippen LogP contribution in [0.15, 0.2) is 171 Å². The molecule has 0 unspecified atom stereocenters. The van der Waals surface area contributed by atoms with Crippen LogP contribution >= 0.6 is 0 Å². The number of hydrogen-bond acceptors (Lipinski definition) is 15. The van der Waals surface area contributed by atoms with Crippen LogP contribution in [-0.2, 0) is 64.6 Å². The Morgan fingerprint density at radius 1 is 0.413 bits per heavy atom. The number of phenols is 1. The smallest absolute Gasteiger partial charge is 0.420 e. The summed E-state index contributed by atoms with van der Waals surface area (Å²) >= 11 is 0. The summed E-state index contributed by atoms with van der Waals surface area (Å²) in [6.07, 6.45) is -10.4. The summed E-state index contributed by atoms with van der Waals surface area (Å²) in [5.41, 5.74) is 3.44. The Bertz CT molecular complexity index is 3980. The summed E-state index contributed by atoms with van der Waals surface area (Å²) < 4.78 is 196. The Morgan fingerprint density at radius 2 is 0.702 bits per heavy atom. The van der Waals surface area contributed by atoms with Crippen molar-refractivity contribution in [3.8, 4) is 40.2 Å². The first-order valence-electron chi connectivity index (χ1n) is 31.3. The van der Waals surface area contributed by atoms with Gasteiger partial charge >= 0.3 is 43.0 Å². The molecule has 20 nitrogen and oxygen atoms in total. The Balaban J connectivity index is 0.000000283. The zero-order valence-corrected chi connectivity index (χ0v) is 57.6. The molecule has 0 aliphatic heterocycles. The van der Waals surface area contributed by atoms with Crippen LogP contribution in [0.2, 0.25) is 0 Å². The number of alkyl carbamates (subject to hydrolysis) is 3. The molecule has 0 aliphatic carbocycles. The third-order valence-electron chi connectivity index (χ3n) is 12.7. The summed E-state index contributed by atoms with van der Waals surface area (Å²) in [5.74, 6) is -1.76. The number of phenolic OH excluding ortho intramolecular Hbond substituents is 1. The lowest BCUT2D eigenvalue weighted by Crippen LogP contribution is -2.33. The summed E-state index contributed by atoms with van der Waals surface area (Å²) in [6, 6.07) is 29.4. The van der Waals surface area contributed by atoms with Crippen molar-refractivity contribution in [3.05, 3.63) is 221 Å². The van der Waals surface area contributed by atoms with E-state index in [1.54, 1.807) is 114 Å². The molecule has 4 aromatic carbocycles. The van der Waals surface area contributed by atoms with Crippen molar-refractivity contribution in [2.45, 2.75) is 130 Å². The van der Waals surface area contributed by atoms with Gasteiger partial charge in [-0.05, 0) is 177 Å². The Hall–Kier alpha value is -10.9. The van der Waals surface area contributed by atoms with Crippen LogP contribution in [0.3, 0.4) is 0 Å². The maximum absolute atomic E-state index is 13.0. The summed E-state index contributed by atoms with van der Waals surface area (Å²) in [6.45, 7) is 17.8. The number of alkyl halides is 12. The van der Waals surface area contributed by atoms with Gasteiger partial charge in [0.15, 0.2) is 11.6 Å². The highest BCUT2D eigenvalue weighted by molar-refractivity contribution is 5.68. The van der Waals surface area contributed by atoms with Crippen molar-refractivity contribution in [3.63, 3.8) is 0 Å². The van der Waals surface area contributed by atoms with Crippen molar-refractivity contribution < 1.29 is 125 Å². The molecule has 0 saturated carbocycles. The minimum absolute atomic E-state index is 0.181. The van der Waals surface area contributed by atoms with Gasteiger partial charge in [0.25, 0.3) is 12.4 Å². The fourth-order valence-corrected chi connectivity index (χ4v) is 8.12. The van der Waals surface area contributed by atoms with Crippen LogP contribution in [0, 0.1) is 5.82 Å². The van der Waals surface area contributed by atoms with E-state index in [0.29, 0.717) is 73.6 Å². The van der Waals surface area contributed by atoms with E-state index < -0.39 is 99.4 Å². The number of halogens is 13. The lowest BCUT2D eigenvalue weighted by molar-refractivity contribution is -0.905. The van der Waals surface area contributed by atoms with E-state index in [0.717, 1.165) is 83.8 Å². The highest BCUT2D eigenvalue weighted by atomic mass is 19.4. The summed E-state index contributed by atoms with van der Waals surface area (Å²) in [7, 11) is 0. The quantitative estimate of drug-likeness (QED) is 0.0193. The van der Waals surface area contributed by atoms with Crippen molar-refractivity contribution in [2.75, 3.05) is 26.2 Å². The number of rotatable bonds is 17. The molecule has 0 fully saturated rings. The van der Waals surface area contributed by atoms with Crippen molar-refractivity contribution >= 4 is 18.3 Å². The largest absolute Gasteiger partial charge is 0.508 e. The van der Waals surface area contributed by atoms with E-state index in [4.69, 9.17) is 39.3 Å². The van der Waals surface area contributed by atoms with Crippen LogP contribution < -0.4 is 45.4 Å². The zero-order valence-electron chi connectivity index (χ0n) is 57.6. The predicted octanol–water partition coefficient (Wildman–Crippen LogP) is 16.3. The molecule has 33 heteroatoms. The van der Waals surface area contributed by atoms with Crippen molar-refractivity contribution in [1.29, 1.82) is 0 Å². The molecular weight excluding hydrogens is 1400 g/mol. The average molecular weight is 1480 g/mol. The van der Waals surface area contributed by atoms with E-state index in [9.17, 15) is 81.9 Å². The molecule has 3 amide bonds.